The molecule has 2 aromatic rings. The number of nitrogens with zero attached hydrogens (tertiary/aromatic N) is 1. The third-order valence-electron chi connectivity index (χ3n) is 5.78. The van der Waals surface area contributed by atoms with E-state index in [2.05, 4.69) is 40.5 Å². The topological polar surface area (TPSA) is 69.6 Å². The Balaban J connectivity index is 1.58. The van der Waals surface area contributed by atoms with Gasteiger partial charge in [0, 0.05) is 36.8 Å². The summed E-state index contributed by atoms with van der Waals surface area (Å²) in [4.78, 5) is 25.3. The van der Waals surface area contributed by atoms with Crippen molar-refractivity contribution >= 4 is 17.6 Å². The molecule has 2 aromatic carbocycles. The van der Waals surface area contributed by atoms with Gasteiger partial charge in [-0.1, -0.05) is 49.6 Å². The number of carboxylic acids is 1. The third-order valence-corrected chi connectivity index (χ3v) is 5.78. The van der Waals surface area contributed by atoms with E-state index in [9.17, 15) is 9.59 Å². The van der Waals surface area contributed by atoms with Gasteiger partial charge in [0.1, 0.15) is 0 Å². The number of carbonyl (C=O) groups excluding carboxylic acids is 1. The predicted octanol–water partition coefficient (Wildman–Crippen LogP) is 5.01. The molecule has 0 aliphatic heterocycles. The van der Waals surface area contributed by atoms with E-state index < -0.39 is 5.97 Å². The van der Waals surface area contributed by atoms with E-state index in [0.29, 0.717) is 31.0 Å². The van der Waals surface area contributed by atoms with Gasteiger partial charge in [-0.25, -0.2) is 0 Å². The lowest BCUT2D eigenvalue weighted by Crippen LogP contribution is -2.36. The Morgan fingerprint density at radius 3 is 2.30 bits per heavy atom. The van der Waals surface area contributed by atoms with Crippen LogP contribution in [0.4, 0.5) is 5.69 Å². The number of hydrogen-bond acceptors (Lipinski definition) is 3. The van der Waals surface area contributed by atoms with Crippen molar-refractivity contribution in [1.82, 2.24) is 5.32 Å². The molecule has 0 spiro atoms. The van der Waals surface area contributed by atoms with Crippen molar-refractivity contribution in [1.29, 1.82) is 0 Å². The summed E-state index contributed by atoms with van der Waals surface area (Å²) in [6.07, 6.45) is 7.77. The first-order valence-electron chi connectivity index (χ1n) is 11.0. The van der Waals surface area contributed by atoms with E-state index >= 15 is 0 Å². The van der Waals surface area contributed by atoms with E-state index in [1.54, 1.807) is 0 Å². The molecule has 1 saturated carbocycles. The summed E-state index contributed by atoms with van der Waals surface area (Å²) in [5, 5.41) is 11.5. The smallest absolute Gasteiger partial charge is 0.303 e. The molecule has 0 atom stereocenters. The van der Waals surface area contributed by atoms with Crippen LogP contribution in [0.3, 0.4) is 0 Å². The molecule has 3 rings (SSSR count). The van der Waals surface area contributed by atoms with Gasteiger partial charge in [-0.3, -0.25) is 9.59 Å². The number of hydrogen-bond donors (Lipinski definition) is 2. The minimum absolute atomic E-state index is 0.107. The Kier molecular flexibility index (Phi) is 8.30. The van der Waals surface area contributed by atoms with Crippen LogP contribution in [0.2, 0.25) is 0 Å². The molecular formula is C25H32N2O3. The molecule has 1 amide bonds. The van der Waals surface area contributed by atoms with Gasteiger partial charge < -0.3 is 15.3 Å². The van der Waals surface area contributed by atoms with Crippen LogP contribution in [0.15, 0.2) is 54.6 Å². The van der Waals surface area contributed by atoms with Crippen molar-refractivity contribution in [3.05, 3.63) is 65.7 Å². The average Bonchev–Trinajstić information content (AvgIpc) is 2.78. The molecule has 0 saturated heterocycles. The normalized spacial score (nSPS) is 14.3. The zero-order valence-electron chi connectivity index (χ0n) is 17.6. The van der Waals surface area contributed by atoms with Crippen LogP contribution in [-0.4, -0.2) is 29.6 Å². The summed E-state index contributed by atoms with van der Waals surface area (Å²) >= 11 is 0. The molecule has 2 N–H and O–H groups in total. The maximum Gasteiger partial charge on any atom is 0.303 e. The lowest BCUT2D eigenvalue weighted by molar-refractivity contribution is -0.137. The van der Waals surface area contributed by atoms with Gasteiger partial charge in [0.05, 0.1) is 0 Å². The second-order valence-corrected chi connectivity index (χ2v) is 8.06. The Morgan fingerprint density at radius 1 is 0.933 bits per heavy atom. The lowest BCUT2D eigenvalue weighted by Gasteiger charge is -2.36. The average molecular weight is 409 g/mol. The Labute approximate surface area is 179 Å². The maximum absolute atomic E-state index is 12.3. The highest BCUT2D eigenvalue weighted by atomic mass is 16.4. The van der Waals surface area contributed by atoms with Crippen LogP contribution < -0.4 is 10.2 Å². The first-order chi connectivity index (χ1) is 14.6. The standard InChI is InChI=1S/C25H32N2O3/c28-24(29)13-7-8-18-26-25(30)21-16-14-20(15-17-21)19-27(22-9-3-1-4-10-22)23-11-5-2-6-12-23/h1,3-4,9-10,14-17,23H,2,5-8,11-13,18-19H2,(H,26,30)(H,28,29). The first-order valence-corrected chi connectivity index (χ1v) is 11.0. The van der Waals surface area contributed by atoms with Gasteiger partial charge >= 0.3 is 5.97 Å². The highest BCUT2D eigenvalue weighted by Gasteiger charge is 2.21. The summed E-state index contributed by atoms with van der Waals surface area (Å²) in [6.45, 7) is 1.34. The Bertz CT molecular complexity index is 799. The number of aliphatic carboxylic acids is 1. The van der Waals surface area contributed by atoms with Gasteiger partial charge in [-0.2, -0.15) is 0 Å². The molecule has 0 radical (unpaired) electrons. The van der Waals surface area contributed by atoms with Crippen molar-refractivity contribution in [2.75, 3.05) is 11.4 Å². The van der Waals surface area contributed by atoms with Gasteiger partial charge in [0.2, 0.25) is 0 Å². The van der Waals surface area contributed by atoms with Gasteiger partial charge in [0.25, 0.3) is 5.91 Å². The molecule has 160 valence electrons. The first kappa shape index (κ1) is 21.9. The van der Waals surface area contributed by atoms with Crippen LogP contribution in [0.25, 0.3) is 0 Å². The van der Waals surface area contributed by atoms with E-state index in [-0.39, 0.29) is 12.3 Å². The van der Waals surface area contributed by atoms with Crippen LogP contribution in [0.5, 0.6) is 0 Å². The molecular weight excluding hydrogens is 376 g/mol. The highest BCUT2D eigenvalue weighted by Crippen LogP contribution is 2.29. The van der Waals surface area contributed by atoms with Crippen LogP contribution in [-0.2, 0) is 11.3 Å². The Morgan fingerprint density at radius 2 is 1.63 bits per heavy atom. The molecule has 1 aliphatic rings. The number of anilines is 1. The molecule has 5 nitrogen and oxygen atoms in total. The number of benzene rings is 2. The summed E-state index contributed by atoms with van der Waals surface area (Å²) in [7, 11) is 0. The fraction of sp³-hybridized carbons (Fsp3) is 0.440. The van der Waals surface area contributed by atoms with Crippen molar-refractivity contribution in [2.24, 2.45) is 0 Å². The van der Waals surface area contributed by atoms with Crippen LogP contribution >= 0.6 is 0 Å². The minimum Gasteiger partial charge on any atom is -0.481 e. The van der Waals surface area contributed by atoms with E-state index in [4.69, 9.17) is 5.11 Å². The van der Waals surface area contributed by atoms with Crippen molar-refractivity contribution in [3.63, 3.8) is 0 Å². The zero-order chi connectivity index (χ0) is 21.2. The number of carbonyl (C=O) groups is 2. The van der Waals surface area contributed by atoms with Crippen LogP contribution in [0, 0.1) is 0 Å². The summed E-state index contributed by atoms with van der Waals surface area (Å²) in [5.74, 6) is -0.904. The predicted molar refractivity (Wildman–Crippen MR) is 120 cm³/mol. The summed E-state index contributed by atoms with van der Waals surface area (Å²) < 4.78 is 0. The van der Waals surface area contributed by atoms with Crippen molar-refractivity contribution < 1.29 is 14.7 Å². The monoisotopic (exact) mass is 408 g/mol. The number of para-hydroxylation sites is 1. The molecule has 0 bridgehead atoms. The van der Waals surface area contributed by atoms with Crippen molar-refractivity contribution in [3.8, 4) is 0 Å². The molecule has 0 aromatic heterocycles. The Hall–Kier alpha value is -2.82. The third kappa shape index (κ3) is 6.61. The molecule has 0 unspecified atom stereocenters. The molecule has 1 aliphatic carbocycles. The number of nitrogens with one attached hydrogen (secondary N) is 1. The quantitative estimate of drug-likeness (QED) is 0.542. The fourth-order valence-electron chi connectivity index (χ4n) is 4.11. The SMILES string of the molecule is O=C(O)CCCCNC(=O)c1ccc(CN(c2ccccc2)C2CCCCC2)cc1. The number of rotatable bonds is 10. The number of unbranched alkanes of at least 4 members (excludes halogenated alkanes) is 1. The number of carboxylic acid groups (broad SMARTS) is 1. The summed E-state index contributed by atoms with van der Waals surface area (Å²) in [5.41, 5.74) is 3.09. The lowest BCUT2D eigenvalue weighted by atomic mass is 9.93. The molecule has 30 heavy (non-hydrogen) atoms. The van der Waals surface area contributed by atoms with Gasteiger partial charge in [-0.15, -0.1) is 0 Å². The zero-order valence-corrected chi connectivity index (χ0v) is 17.6. The molecule has 1 fully saturated rings. The number of amides is 1. The second-order valence-electron chi connectivity index (χ2n) is 8.06. The largest absolute Gasteiger partial charge is 0.481 e. The maximum atomic E-state index is 12.3. The van der Waals surface area contributed by atoms with Gasteiger partial charge in [0.15, 0.2) is 0 Å². The van der Waals surface area contributed by atoms with Crippen LogP contribution in [0.1, 0.15) is 67.3 Å². The van der Waals surface area contributed by atoms with E-state index in [1.807, 2.05) is 24.3 Å². The van der Waals surface area contributed by atoms with E-state index in [0.717, 1.165) is 6.54 Å². The van der Waals surface area contributed by atoms with Gasteiger partial charge in [-0.05, 0) is 55.5 Å². The molecule has 5 heteroatoms. The minimum atomic E-state index is -0.797. The van der Waals surface area contributed by atoms with Crippen molar-refractivity contribution in [2.45, 2.75) is 64.0 Å². The fourth-order valence-corrected chi connectivity index (χ4v) is 4.11. The van der Waals surface area contributed by atoms with E-state index in [1.165, 1.54) is 43.4 Å². The summed E-state index contributed by atoms with van der Waals surface area (Å²) in [6, 6.07) is 19.0. The highest BCUT2D eigenvalue weighted by molar-refractivity contribution is 5.94. The second kappa shape index (κ2) is 11.4. The molecule has 0 heterocycles.